The van der Waals surface area contributed by atoms with Gasteiger partial charge in [-0.2, -0.15) is 0 Å². The molecule has 2 aromatic rings. The van der Waals surface area contributed by atoms with Gasteiger partial charge < -0.3 is 5.32 Å². The maximum absolute atomic E-state index is 12.3. The van der Waals surface area contributed by atoms with Crippen molar-refractivity contribution in [2.75, 3.05) is 11.6 Å². The van der Waals surface area contributed by atoms with Gasteiger partial charge >= 0.3 is 0 Å². The van der Waals surface area contributed by atoms with Gasteiger partial charge in [0.1, 0.15) is 0 Å². The van der Waals surface area contributed by atoms with Gasteiger partial charge in [-0.05, 0) is 49.1 Å². The van der Waals surface area contributed by atoms with Gasteiger partial charge in [-0.1, -0.05) is 36.9 Å². The number of rotatable bonds is 6. The number of hydrogen-bond acceptors (Lipinski definition) is 3. The van der Waals surface area contributed by atoms with E-state index in [4.69, 9.17) is 0 Å². The van der Waals surface area contributed by atoms with Crippen LogP contribution in [0.15, 0.2) is 71.7 Å². The second-order valence-electron chi connectivity index (χ2n) is 5.29. The van der Waals surface area contributed by atoms with Gasteiger partial charge in [-0.25, -0.2) is 0 Å². The fourth-order valence-electron chi connectivity index (χ4n) is 1.97. The van der Waals surface area contributed by atoms with Crippen LogP contribution in [-0.2, 0) is 4.79 Å². The normalized spacial score (nSPS) is 10.6. The van der Waals surface area contributed by atoms with Crippen molar-refractivity contribution >= 4 is 35.2 Å². The molecule has 2 rings (SSSR count). The first kappa shape index (κ1) is 17.8. The Labute approximate surface area is 146 Å². The van der Waals surface area contributed by atoms with Crippen LogP contribution in [0.3, 0.4) is 0 Å². The molecule has 122 valence electrons. The first-order chi connectivity index (χ1) is 11.5. The molecule has 0 radical (unpaired) electrons. The van der Waals surface area contributed by atoms with E-state index in [0.717, 1.165) is 5.56 Å². The third-order valence-corrected chi connectivity index (χ3v) is 4.08. The van der Waals surface area contributed by atoms with Gasteiger partial charge in [0.15, 0.2) is 5.78 Å². The zero-order chi connectivity index (χ0) is 17.5. The van der Waals surface area contributed by atoms with Gasteiger partial charge in [0.05, 0.1) is 0 Å². The van der Waals surface area contributed by atoms with Crippen molar-refractivity contribution in [3.8, 4) is 0 Å². The largest absolute Gasteiger partial charge is 0.322 e. The SMILES string of the molecule is C=C(C)C(=O)Nc1cccc(C(=O)/C=C/c2ccc(SC)cc2)c1. The molecule has 1 amide bonds. The van der Waals surface area contributed by atoms with E-state index < -0.39 is 0 Å². The molecule has 0 aliphatic carbocycles. The second-order valence-corrected chi connectivity index (χ2v) is 6.17. The van der Waals surface area contributed by atoms with E-state index in [1.165, 1.54) is 11.0 Å². The number of allylic oxidation sites excluding steroid dienone is 1. The zero-order valence-corrected chi connectivity index (χ0v) is 14.5. The third kappa shape index (κ3) is 4.96. The summed E-state index contributed by atoms with van der Waals surface area (Å²) in [7, 11) is 0. The van der Waals surface area contributed by atoms with Crippen molar-refractivity contribution in [3.05, 3.63) is 77.9 Å². The van der Waals surface area contributed by atoms with Crippen LogP contribution in [0.2, 0.25) is 0 Å². The Hall–Kier alpha value is -2.59. The number of amides is 1. The highest BCUT2D eigenvalue weighted by Crippen LogP contribution is 2.16. The van der Waals surface area contributed by atoms with Crippen LogP contribution < -0.4 is 5.32 Å². The Morgan fingerprint density at radius 2 is 1.83 bits per heavy atom. The van der Waals surface area contributed by atoms with Crippen LogP contribution in [0.5, 0.6) is 0 Å². The molecule has 0 saturated heterocycles. The number of ketones is 1. The number of thioether (sulfide) groups is 1. The summed E-state index contributed by atoms with van der Waals surface area (Å²) in [5, 5.41) is 2.71. The topological polar surface area (TPSA) is 46.2 Å². The molecule has 0 heterocycles. The standard InChI is InChI=1S/C20H19NO2S/c1-14(2)20(23)21-17-6-4-5-16(13-17)19(22)12-9-15-7-10-18(24-3)11-8-15/h4-13H,1H2,2-3H3,(H,21,23)/b12-9+. The van der Waals surface area contributed by atoms with Crippen molar-refractivity contribution in [1.29, 1.82) is 0 Å². The Morgan fingerprint density at radius 1 is 1.12 bits per heavy atom. The number of benzene rings is 2. The van der Waals surface area contributed by atoms with Gasteiger partial charge in [-0.15, -0.1) is 11.8 Å². The molecule has 24 heavy (non-hydrogen) atoms. The highest BCUT2D eigenvalue weighted by molar-refractivity contribution is 7.98. The molecule has 4 heteroatoms. The quantitative estimate of drug-likeness (QED) is 0.467. The van der Waals surface area contributed by atoms with Crippen LogP contribution in [-0.4, -0.2) is 17.9 Å². The van der Waals surface area contributed by atoms with Crippen molar-refractivity contribution in [1.82, 2.24) is 0 Å². The minimum Gasteiger partial charge on any atom is -0.322 e. The Morgan fingerprint density at radius 3 is 2.46 bits per heavy atom. The molecule has 0 bridgehead atoms. The molecule has 0 aliphatic rings. The average Bonchev–Trinajstić information content (AvgIpc) is 2.60. The molecular weight excluding hydrogens is 318 g/mol. The lowest BCUT2D eigenvalue weighted by Gasteiger charge is -2.05. The summed E-state index contributed by atoms with van der Waals surface area (Å²) in [6.45, 7) is 5.23. The lowest BCUT2D eigenvalue weighted by atomic mass is 10.1. The molecule has 0 aromatic heterocycles. The van der Waals surface area contributed by atoms with Crippen molar-refractivity contribution in [2.24, 2.45) is 0 Å². The van der Waals surface area contributed by atoms with E-state index in [1.807, 2.05) is 30.5 Å². The third-order valence-electron chi connectivity index (χ3n) is 3.34. The summed E-state index contributed by atoms with van der Waals surface area (Å²) < 4.78 is 0. The first-order valence-corrected chi connectivity index (χ1v) is 8.65. The molecule has 0 saturated carbocycles. The lowest BCUT2D eigenvalue weighted by Crippen LogP contribution is -2.12. The van der Waals surface area contributed by atoms with Crippen LogP contribution in [0.1, 0.15) is 22.8 Å². The van der Waals surface area contributed by atoms with Gasteiger partial charge in [-0.3, -0.25) is 9.59 Å². The van der Waals surface area contributed by atoms with E-state index >= 15 is 0 Å². The van der Waals surface area contributed by atoms with Crippen LogP contribution >= 0.6 is 11.8 Å². The monoisotopic (exact) mass is 337 g/mol. The summed E-state index contributed by atoms with van der Waals surface area (Å²) in [6.07, 6.45) is 5.34. The summed E-state index contributed by atoms with van der Waals surface area (Å²) in [5.41, 5.74) is 2.48. The van der Waals surface area contributed by atoms with Crippen LogP contribution in [0.25, 0.3) is 6.08 Å². The van der Waals surface area contributed by atoms with E-state index in [1.54, 1.807) is 49.0 Å². The van der Waals surface area contributed by atoms with E-state index in [-0.39, 0.29) is 11.7 Å². The predicted octanol–water partition coefficient (Wildman–Crippen LogP) is 4.82. The highest BCUT2D eigenvalue weighted by Gasteiger charge is 2.06. The molecule has 0 unspecified atom stereocenters. The van der Waals surface area contributed by atoms with Gasteiger partial charge in [0.25, 0.3) is 5.91 Å². The van der Waals surface area contributed by atoms with Crippen molar-refractivity contribution in [2.45, 2.75) is 11.8 Å². The summed E-state index contributed by atoms with van der Waals surface area (Å²) in [4.78, 5) is 25.1. The Bertz CT molecular complexity index is 792. The molecular formula is C20H19NO2S. The summed E-state index contributed by atoms with van der Waals surface area (Å²) in [5.74, 6) is -0.376. The molecule has 2 aromatic carbocycles. The minimum absolute atomic E-state index is 0.115. The number of carbonyl (C=O) groups is 2. The smallest absolute Gasteiger partial charge is 0.250 e. The minimum atomic E-state index is -0.260. The van der Waals surface area contributed by atoms with E-state index in [0.29, 0.717) is 16.8 Å². The first-order valence-electron chi connectivity index (χ1n) is 7.43. The molecule has 0 atom stereocenters. The maximum atomic E-state index is 12.3. The predicted molar refractivity (Wildman–Crippen MR) is 101 cm³/mol. The molecule has 0 fully saturated rings. The number of anilines is 1. The van der Waals surface area contributed by atoms with E-state index in [9.17, 15) is 9.59 Å². The van der Waals surface area contributed by atoms with Crippen molar-refractivity contribution in [3.63, 3.8) is 0 Å². The summed E-state index contributed by atoms with van der Waals surface area (Å²) in [6, 6.07) is 14.8. The molecule has 3 nitrogen and oxygen atoms in total. The Kier molecular flexibility index (Phi) is 6.15. The second kappa shape index (κ2) is 8.31. The summed E-state index contributed by atoms with van der Waals surface area (Å²) >= 11 is 1.68. The average molecular weight is 337 g/mol. The van der Waals surface area contributed by atoms with Crippen LogP contribution in [0.4, 0.5) is 5.69 Å². The molecule has 0 aliphatic heterocycles. The molecule has 1 N–H and O–H groups in total. The Balaban J connectivity index is 2.10. The van der Waals surface area contributed by atoms with Crippen molar-refractivity contribution < 1.29 is 9.59 Å². The van der Waals surface area contributed by atoms with Gasteiger partial charge in [0.2, 0.25) is 0 Å². The maximum Gasteiger partial charge on any atom is 0.250 e. The number of nitrogens with one attached hydrogen (secondary N) is 1. The zero-order valence-electron chi connectivity index (χ0n) is 13.7. The number of hydrogen-bond donors (Lipinski definition) is 1. The highest BCUT2D eigenvalue weighted by atomic mass is 32.2. The number of carbonyl (C=O) groups excluding carboxylic acids is 2. The van der Waals surface area contributed by atoms with E-state index in [2.05, 4.69) is 11.9 Å². The molecule has 0 spiro atoms. The fraction of sp³-hybridized carbons (Fsp3) is 0.100. The fourth-order valence-corrected chi connectivity index (χ4v) is 2.38. The lowest BCUT2D eigenvalue weighted by molar-refractivity contribution is -0.112. The van der Waals surface area contributed by atoms with Crippen LogP contribution in [0, 0.1) is 0 Å². The van der Waals surface area contributed by atoms with Gasteiger partial charge in [0, 0.05) is 21.7 Å².